The first-order valence-corrected chi connectivity index (χ1v) is 8.29. The summed E-state index contributed by atoms with van der Waals surface area (Å²) >= 11 is 0. The molecule has 7 heteroatoms. The molecule has 0 radical (unpaired) electrons. The predicted molar refractivity (Wildman–Crippen MR) is 82.9 cm³/mol. The van der Waals surface area contributed by atoms with Crippen molar-refractivity contribution in [1.82, 2.24) is 9.80 Å². The molecule has 23 heavy (non-hydrogen) atoms. The van der Waals surface area contributed by atoms with Crippen molar-refractivity contribution in [1.29, 1.82) is 0 Å². The molecule has 1 amide bonds. The van der Waals surface area contributed by atoms with Crippen LogP contribution in [-0.4, -0.2) is 65.3 Å². The van der Waals surface area contributed by atoms with Gasteiger partial charge in [0.2, 0.25) is 5.91 Å². The molecule has 1 fully saturated rings. The summed E-state index contributed by atoms with van der Waals surface area (Å²) in [5, 5.41) is 9.32. The maximum absolute atomic E-state index is 12.5. The molecule has 4 nitrogen and oxygen atoms in total. The zero-order chi connectivity index (χ0) is 17.8. The van der Waals surface area contributed by atoms with Gasteiger partial charge in [0.1, 0.15) is 0 Å². The molecule has 1 aliphatic heterocycles. The van der Waals surface area contributed by atoms with Crippen LogP contribution in [0.15, 0.2) is 0 Å². The number of carbonyl (C=O) groups is 1. The van der Waals surface area contributed by atoms with Crippen LogP contribution in [0.25, 0.3) is 0 Å². The molecular weight excluding hydrogens is 309 g/mol. The van der Waals surface area contributed by atoms with Gasteiger partial charge in [0.25, 0.3) is 0 Å². The van der Waals surface area contributed by atoms with Crippen molar-refractivity contribution in [3.63, 3.8) is 0 Å². The third-order valence-electron chi connectivity index (χ3n) is 4.28. The Morgan fingerprint density at radius 2 is 1.74 bits per heavy atom. The van der Waals surface area contributed by atoms with Crippen LogP contribution in [0.4, 0.5) is 13.2 Å². The highest BCUT2D eigenvalue weighted by atomic mass is 19.4. The number of nitrogens with zero attached hydrogens (tertiary/aromatic N) is 2. The lowest BCUT2D eigenvalue weighted by Crippen LogP contribution is -2.48. The van der Waals surface area contributed by atoms with E-state index in [9.17, 15) is 23.1 Å². The zero-order valence-electron chi connectivity index (χ0n) is 14.4. The highest BCUT2D eigenvalue weighted by molar-refractivity contribution is 5.78. The van der Waals surface area contributed by atoms with Crippen LogP contribution < -0.4 is 0 Å². The molecule has 1 unspecified atom stereocenters. The van der Waals surface area contributed by atoms with E-state index < -0.39 is 18.2 Å². The number of rotatable bonds is 6. The maximum atomic E-state index is 12.5. The van der Waals surface area contributed by atoms with E-state index >= 15 is 0 Å². The zero-order valence-corrected chi connectivity index (χ0v) is 14.4. The Morgan fingerprint density at radius 1 is 1.22 bits per heavy atom. The third-order valence-corrected chi connectivity index (χ3v) is 4.28. The summed E-state index contributed by atoms with van der Waals surface area (Å²) in [5.41, 5.74) is 0. The molecule has 1 N–H and O–H groups in total. The van der Waals surface area contributed by atoms with Gasteiger partial charge in [-0.25, -0.2) is 0 Å². The minimum atomic E-state index is -4.56. The number of carbonyl (C=O) groups excluding carboxylic acids is 1. The van der Waals surface area contributed by atoms with Crippen LogP contribution >= 0.6 is 0 Å². The summed E-state index contributed by atoms with van der Waals surface area (Å²) in [5.74, 6) is -0.379. The Balaban J connectivity index is 2.50. The number of likely N-dealkylation sites (tertiary alicyclic amines) is 1. The average molecular weight is 338 g/mol. The van der Waals surface area contributed by atoms with Gasteiger partial charge in [-0.1, -0.05) is 13.8 Å². The van der Waals surface area contributed by atoms with Gasteiger partial charge >= 0.3 is 6.18 Å². The second-order valence-corrected chi connectivity index (χ2v) is 7.13. The fraction of sp³-hybridized carbons (Fsp3) is 0.938. The topological polar surface area (TPSA) is 43.8 Å². The molecule has 1 saturated heterocycles. The van der Waals surface area contributed by atoms with Gasteiger partial charge in [-0.05, 0) is 51.6 Å². The van der Waals surface area contributed by atoms with Crippen molar-refractivity contribution < 1.29 is 23.1 Å². The maximum Gasteiger partial charge on any atom is 0.414 e. The summed E-state index contributed by atoms with van der Waals surface area (Å²) in [4.78, 5) is 16.1. The Hall–Kier alpha value is -0.820. The lowest BCUT2D eigenvalue weighted by atomic mass is 9.91. The van der Waals surface area contributed by atoms with E-state index in [1.807, 2.05) is 37.5 Å². The molecule has 1 aliphatic rings. The summed E-state index contributed by atoms with van der Waals surface area (Å²) in [6.07, 6.45) is -6.29. The monoisotopic (exact) mass is 338 g/mol. The number of alkyl halides is 3. The second-order valence-electron chi connectivity index (χ2n) is 7.13. The molecule has 0 aromatic carbocycles. The van der Waals surface area contributed by atoms with E-state index in [1.165, 1.54) is 0 Å². The number of aliphatic hydroxyl groups is 1. The Morgan fingerprint density at radius 3 is 2.13 bits per heavy atom. The van der Waals surface area contributed by atoms with Gasteiger partial charge in [0, 0.05) is 12.6 Å². The van der Waals surface area contributed by atoms with Gasteiger partial charge in [0.05, 0.1) is 6.54 Å². The van der Waals surface area contributed by atoms with Crippen LogP contribution in [0, 0.1) is 11.8 Å². The normalized spacial score (nSPS) is 19.4. The van der Waals surface area contributed by atoms with Gasteiger partial charge in [-0.3, -0.25) is 9.69 Å². The van der Waals surface area contributed by atoms with E-state index in [-0.39, 0.29) is 31.3 Å². The third kappa shape index (κ3) is 6.30. The molecule has 0 aromatic heterocycles. The number of piperidine rings is 1. The SMILES string of the molecule is CC(C)CN(C(=O)CN1CCC(C(O)C(F)(F)F)CC1)C(C)C. The Bertz CT molecular complexity index is 378. The van der Waals surface area contributed by atoms with Gasteiger partial charge in [-0.2, -0.15) is 13.2 Å². The second kappa shape index (κ2) is 8.33. The van der Waals surface area contributed by atoms with E-state index in [0.29, 0.717) is 25.6 Å². The molecule has 0 spiro atoms. The minimum absolute atomic E-state index is 0.0171. The molecule has 1 rings (SSSR count). The van der Waals surface area contributed by atoms with Gasteiger partial charge < -0.3 is 10.0 Å². The quantitative estimate of drug-likeness (QED) is 0.809. The molecule has 0 saturated carbocycles. The van der Waals surface area contributed by atoms with Crippen molar-refractivity contribution in [2.24, 2.45) is 11.8 Å². The lowest BCUT2D eigenvalue weighted by Gasteiger charge is -2.36. The molecule has 0 bridgehead atoms. The fourth-order valence-corrected chi connectivity index (χ4v) is 2.97. The summed E-state index contributed by atoms with van der Waals surface area (Å²) in [6, 6.07) is 0.106. The first-order chi connectivity index (χ1) is 10.5. The van der Waals surface area contributed by atoms with E-state index in [0.717, 1.165) is 0 Å². The lowest BCUT2D eigenvalue weighted by molar-refractivity contribution is -0.223. The molecule has 1 heterocycles. The van der Waals surface area contributed by atoms with Crippen molar-refractivity contribution >= 4 is 5.91 Å². The number of halogens is 3. The summed E-state index contributed by atoms with van der Waals surface area (Å²) in [7, 11) is 0. The molecular formula is C16H29F3N2O2. The minimum Gasteiger partial charge on any atom is -0.383 e. The predicted octanol–water partition coefficient (Wildman–Crippen LogP) is 2.51. The Labute approximate surface area is 136 Å². The Kier molecular flexibility index (Phi) is 7.32. The number of aliphatic hydroxyl groups excluding tert-OH is 1. The van der Waals surface area contributed by atoms with Crippen LogP contribution in [-0.2, 0) is 4.79 Å². The standard InChI is InChI=1S/C16H29F3N2O2/c1-11(2)9-21(12(3)4)14(22)10-20-7-5-13(6-8-20)15(23)16(17,18)19/h11-13,15,23H,5-10H2,1-4H3. The first kappa shape index (κ1) is 20.2. The largest absolute Gasteiger partial charge is 0.414 e. The van der Waals surface area contributed by atoms with Crippen molar-refractivity contribution in [2.45, 2.75) is 58.9 Å². The molecule has 1 atom stereocenters. The van der Waals surface area contributed by atoms with E-state index in [2.05, 4.69) is 0 Å². The highest BCUT2D eigenvalue weighted by Gasteiger charge is 2.44. The fourth-order valence-electron chi connectivity index (χ4n) is 2.97. The summed E-state index contributed by atoms with van der Waals surface area (Å²) in [6.45, 7) is 9.77. The number of amides is 1. The van der Waals surface area contributed by atoms with E-state index in [1.54, 1.807) is 0 Å². The number of hydrogen-bond acceptors (Lipinski definition) is 3. The molecule has 0 aromatic rings. The van der Waals surface area contributed by atoms with Crippen LogP contribution in [0.2, 0.25) is 0 Å². The van der Waals surface area contributed by atoms with Crippen LogP contribution in [0.1, 0.15) is 40.5 Å². The smallest absolute Gasteiger partial charge is 0.383 e. The van der Waals surface area contributed by atoms with Crippen molar-refractivity contribution in [2.75, 3.05) is 26.2 Å². The van der Waals surface area contributed by atoms with Crippen molar-refractivity contribution in [3.05, 3.63) is 0 Å². The van der Waals surface area contributed by atoms with Gasteiger partial charge in [-0.15, -0.1) is 0 Å². The first-order valence-electron chi connectivity index (χ1n) is 8.29. The van der Waals surface area contributed by atoms with Crippen molar-refractivity contribution in [3.8, 4) is 0 Å². The molecule has 136 valence electrons. The highest BCUT2D eigenvalue weighted by Crippen LogP contribution is 2.31. The molecule has 0 aliphatic carbocycles. The van der Waals surface area contributed by atoms with Crippen LogP contribution in [0.5, 0.6) is 0 Å². The average Bonchev–Trinajstić information content (AvgIpc) is 2.43. The van der Waals surface area contributed by atoms with Gasteiger partial charge in [0.15, 0.2) is 6.10 Å². The number of hydrogen-bond donors (Lipinski definition) is 1. The van der Waals surface area contributed by atoms with E-state index in [4.69, 9.17) is 0 Å². The summed E-state index contributed by atoms with van der Waals surface area (Å²) < 4.78 is 37.6. The van der Waals surface area contributed by atoms with Crippen LogP contribution in [0.3, 0.4) is 0 Å².